The largest absolute Gasteiger partial charge is 0.463 e. The molecule has 1 aromatic rings. The molecule has 0 spiro atoms. The third-order valence-electron chi connectivity index (χ3n) is 13.1. The van der Waals surface area contributed by atoms with E-state index in [0.717, 1.165) is 38.5 Å². The van der Waals surface area contributed by atoms with E-state index < -0.39 is 0 Å². The first kappa shape index (κ1) is 32.7. The van der Waals surface area contributed by atoms with Crippen LogP contribution in [0.25, 0.3) is 0 Å². The highest BCUT2D eigenvalue weighted by Gasteiger charge is 2.67. The van der Waals surface area contributed by atoms with Crippen molar-refractivity contribution in [3.63, 3.8) is 0 Å². The predicted molar refractivity (Wildman–Crippen MR) is 168 cm³/mol. The lowest BCUT2D eigenvalue weighted by molar-refractivity contribution is -0.224. The molecule has 6 rings (SSSR count). The number of fused-ring (bicyclic) bond motifs is 6. The van der Waals surface area contributed by atoms with Gasteiger partial charge in [0, 0.05) is 38.6 Å². The van der Waals surface area contributed by atoms with Crippen LogP contribution in [0.4, 0.5) is 0 Å². The number of imide groups is 1. The van der Waals surface area contributed by atoms with Crippen LogP contribution in [-0.4, -0.2) is 59.5 Å². The third kappa shape index (κ3) is 5.35. The second kappa shape index (κ2) is 12.1. The molecule has 4 fully saturated rings. The molecule has 0 bridgehead atoms. The first-order valence-corrected chi connectivity index (χ1v) is 17.2. The zero-order valence-electron chi connectivity index (χ0n) is 28.1. The van der Waals surface area contributed by atoms with Gasteiger partial charge in [-0.2, -0.15) is 0 Å². The SMILES string of the molecule is CC(=O)O[C@@H]1CC[C@@]2(C)[C@@H](C1)C[C@@H](OC(C)=O)[C@@H]1[C@@H]2C[C@H](OC(C)=O)[C@]2(C)[C@@H]([C@H](C)CCN3C(=O)c4ccccc4C3=O)CC[C@@H]12. The molecule has 0 aromatic heterocycles. The Hall–Kier alpha value is -3.23. The van der Waals surface area contributed by atoms with E-state index in [1.54, 1.807) is 24.3 Å². The molecule has 1 aliphatic heterocycles. The summed E-state index contributed by atoms with van der Waals surface area (Å²) in [7, 11) is 0. The molecule has 2 amide bonds. The van der Waals surface area contributed by atoms with Crippen molar-refractivity contribution in [2.45, 2.75) is 111 Å². The molecule has 0 N–H and O–H groups in total. The van der Waals surface area contributed by atoms with E-state index in [9.17, 15) is 24.0 Å². The Labute approximate surface area is 272 Å². The average Bonchev–Trinajstić information content (AvgIpc) is 3.46. The van der Waals surface area contributed by atoms with Crippen LogP contribution < -0.4 is 0 Å². The molecule has 0 saturated heterocycles. The smallest absolute Gasteiger partial charge is 0.302 e. The number of nitrogens with zero attached hydrogens (tertiary/aromatic N) is 1. The van der Waals surface area contributed by atoms with Crippen molar-refractivity contribution >= 4 is 29.7 Å². The van der Waals surface area contributed by atoms with E-state index in [1.807, 2.05) is 0 Å². The summed E-state index contributed by atoms with van der Waals surface area (Å²) in [6, 6.07) is 6.98. The van der Waals surface area contributed by atoms with Gasteiger partial charge < -0.3 is 14.2 Å². The Balaban J connectivity index is 1.28. The van der Waals surface area contributed by atoms with Crippen LogP contribution in [0.1, 0.15) is 114 Å². The predicted octanol–water partition coefficient (Wildman–Crippen LogP) is 5.98. The van der Waals surface area contributed by atoms with Crippen molar-refractivity contribution in [3.8, 4) is 0 Å². The molecule has 0 radical (unpaired) electrons. The van der Waals surface area contributed by atoms with Gasteiger partial charge >= 0.3 is 17.9 Å². The van der Waals surface area contributed by atoms with Crippen LogP contribution in [0.3, 0.4) is 0 Å². The maximum Gasteiger partial charge on any atom is 0.302 e. The van der Waals surface area contributed by atoms with E-state index in [1.165, 1.54) is 25.7 Å². The van der Waals surface area contributed by atoms with Crippen molar-refractivity contribution < 1.29 is 38.2 Å². The van der Waals surface area contributed by atoms with Crippen molar-refractivity contribution in [2.75, 3.05) is 6.54 Å². The molecular weight excluding hydrogens is 586 g/mol. The summed E-state index contributed by atoms with van der Waals surface area (Å²) in [6.45, 7) is 11.6. The lowest BCUT2D eigenvalue weighted by Gasteiger charge is -2.64. The Morgan fingerprint density at radius 2 is 1.48 bits per heavy atom. The highest BCUT2D eigenvalue weighted by Crippen LogP contribution is 2.69. The second-order valence-electron chi connectivity index (χ2n) is 15.3. The van der Waals surface area contributed by atoms with Crippen LogP contribution >= 0.6 is 0 Å². The average molecular weight is 636 g/mol. The minimum Gasteiger partial charge on any atom is -0.463 e. The molecule has 11 atom stereocenters. The maximum atomic E-state index is 13.1. The zero-order valence-corrected chi connectivity index (χ0v) is 28.1. The summed E-state index contributed by atoms with van der Waals surface area (Å²) in [5.41, 5.74) is 0.505. The maximum absolute atomic E-state index is 13.1. The van der Waals surface area contributed by atoms with Gasteiger partial charge in [-0.1, -0.05) is 32.9 Å². The molecule has 250 valence electrons. The number of rotatable bonds is 7. The van der Waals surface area contributed by atoms with E-state index in [-0.39, 0.29) is 94.4 Å². The summed E-state index contributed by atoms with van der Waals surface area (Å²) in [5, 5.41) is 0. The normalized spacial score (nSPS) is 38.6. The first-order valence-electron chi connectivity index (χ1n) is 17.2. The van der Waals surface area contributed by atoms with Gasteiger partial charge in [0.1, 0.15) is 18.3 Å². The summed E-state index contributed by atoms with van der Waals surface area (Å²) in [4.78, 5) is 64.5. The van der Waals surface area contributed by atoms with Gasteiger partial charge in [-0.05, 0) is 98.5 Å². The highest BCUT2D eigenvalue weighted by molar-refractivity contribution is 6.21. The number of amides is 2. The van der Waals surface area contributed by atoms with Crippen molar-refractivity contribution in [1.82, 2.24) is 4.90 Å². The Morgan fingerprint density at radius 1 is 0.848 bits per heavy atom. The Bertz CT molecular complexity index is 1390. The van der Waals surface area contributed by atoms with Gasteiger partial charge in [0.2, 0.25) is 0 Å². The van der Waals surface area contributed by atoms with E-state index in [0.29, 0.717) is 30.5 Å². The fourth-order valence-corrected chi connectivity index (χ4v) is 11.1. The molecule has 9 nitrogen and oxygen atoms in total. The molecular formula is C37H49NO8. The molecule has 4 aliphatic carbocycles. The van der Waals surface area contributed by atoms with E-state index in [2.05, 4.69) is 20.8 Å². The molecule has 46 heavy (non-hydrogen) atoms. The molecule has 0 unspecified atom stereocenters. The van der Waals surface area contributed by atoms with Crippen molar-refractivity contribution in [2.24, 2.45) is 46.3 Å². The van der Waals surface area contributed by atoms with Crippen LogP contribution in [0.15, 0.2) is 24.3 Å². The van der Waals surface area contributed by atoms with E-state index >= 15 is 0 Å². The Morgan fingerprint density at radius 3 is 2.09 bits per heavy atom. The summed E-state index contributed by atoms with van der Waals surface area (Å²) in [5.74, 6) is -0.259. The number of hydrogen-bond donors (Lipinski definition) is 0. The van der Waals surface area contributed by atoms with Gasteiger partial charge in [0.15, 0.2) is 0 Å². The zero-order chi connectivity index (χ0) is 33.1. The number of ether oxygens (including phenoxy) is 3. The third-order valence-corrected chi connectivity index (χ3v) is 13.1. The van der Waals surface area contributed by atoms with Gasteiger partial charge in [0.05, 0.1) is 11.1 Å². The van der Waals surface area contributed by atoms with Crippen LogP contribution in [-0.2, 0) is 28.6 Å². The number of hydrogen-bond acceptors (Lipinski definition) is 8. The summed E-state index contributed by atoms with van der Waals surface area (Å²) >= 11 is 0. The highest BCUT2D eigenvalue weighted by atomic mass is 16.6. The van der Waals surface area contributed by atoms with Crippen molar-refractivity contribution in [3.05, 3.63) is 35.4 Å². The lowest BCUT2D eigenvalue weighted by Crippen LogP contribution is -2.63. The fourth-order valence-electron chi connectivity index (χ4n) is 11.1. The molecule has 1 heterocycles. The minimum absolute atomic E-state index is 0.0626. The Kier molecular flexibility index (Phi) is 8.60. The van der Waals surface area contributed by atoms with Gasteiger partial charge in [-0.25, -0.2) is 0 Å². The van der Waals surface area contributed by atoms with E-state index in [4.69, 9.17) is 14.2 Å². The van der Waals surface area contributed by atoms with Crippen LogP contribution in [0, 0.1) is 46.3 Å². The number of esters is 3. The first-order chi connectivity index (χ1) is 21.7. The van der Waals surface area contributed by atoms with Gasteiger partial charge in [-0.3, -0.25) is 28.9 Å². The van der Waals surface area contributed by atoms with Crippen LogP contribution in [0.2, 0.25) is 0 Å². The summed E-state index contributed by atoms with van der Waals surface area (Å²) < 4.78 is 18.1. The molecule has 4 saturated carbocycles. The lowest BCUT2D eigenvalue weighted by atomic mass is 9.43. The molecule has 9 heteroatoms. The molecule has 5 aliphatic rings. The van der Waals surface area contributed by atoms with Gasteiger partial charge in [0.25, 0.3) is 11.8 Å². The van der Waals surface area contributed by atoms with Crippen LogP contribution in [0.5, 0.6) is 0 Å². The number of carbonyl (C=O) groups excluding carboxylic acids is 5. The topological polar surface area (TPSA) is 116 Å². The van der Waals surface area contributed by atoms with Crippen molar-refractivity contribution in [1.29, 1.82) is 0 Å². The van der Waals surface area contributed by atoms with Gasteiger partial charge in [-0.15, -0.1) is 0 Å². The fraction of sp³-hybridized carbons (Fsp3) is 0.703. The quantitative estimate of drug-likeness (QED) is 0.204. The second-order valence-corrected chi connectivity index (χ2v) is 15.3. The minimum atomic E-state index is -0.356. The number of carbonyl (C=O) groups is 5. The number of benzene rings is 1. The molecule has 1 aromatic carbocycles. The standard InChI is InChI=1S/C37H49NO8/c1-20(14-16-38-34(42)26-9-7-8-10-27(26)35(38)43)28-11-12-29-33-30(19-32(37(28,29)6)46-23(4)41)36(5)15-13-25(44-21(2)39)17-24(36)18-31(33)45-22(3)40/h7-10,20,24-25,28-33H,11-19H2,1-6H3/t20-,24+,25-,28-,29+,30+,31-,32+,33+,36+,37-/m1/s1. The summed E-state index contributed by atoms with van der Waals surface area (Å²) in [6.07, 6.45) is 5.71. The monoisotopic (exact) mass is 635 g/mol.